The van der Waals surface area contributed by atoms with Crippen LogP contribution in [0, 0.1) is 13.8 Å². The van der Waals surface area contributed by atoms with Gasteiger partial charge in [0.1, 0.15) is 17.1 Å². The van der Waals surface area contributed by atoms with Crippen LogP contribution >= 0.6 is 0 Å². The Labute approximate surface area is 154 Å². The van der Waals surface area contributed by atoms with E-state index in [0.29, 0.717) is 0 Å². The maximum Gasteiger partial charge on any atom is 0.157 e. The van der Waals surface area contributed by atoms with Gasteiger partial charge in [0, 0.05) is 5.69 Å². The normalized spacial score (nSPS) is 13.7. The molecule has 136 valence electrons. The van der Waals surface area contributed by atoms with E-state index in [2.05, 4.69) is 28.8 Å². The van der Waals surface area contributed by atoms with E-state index in [9.17, 15) is 0 Å². The van der Waals surface area contributed by atoms with Gasteiger partial charge in [0.2, 0.25) is 0 Å². The van der Waals surface area contributed by atoms with Gasteiger partial charge in [-0.2, -0.15) is 0 Å². The molecule has 0 N–H and O–H groups in total. The van der Waals surface area contributed by atoms with Crippen LogP contribution in [0.5, 0.6) is 5.75 Å². The molecule has 1 aliphatic carbocycles. The molecule has 1 aromatic carbocycles. The molecule has 0 bridgehead atoms. The Kier molecular flexibility index (Phi) is 4.35. The van der Waals surface area contributed by atoms with Crippen molar-refractivity contribution in [2.24, 2.45) is 0 Å². The quantitative estimate of drug-likeness (QED) is 0.649. The van der Waals surface area contributed by atoms with E-state index in [4.69, 9.17) is 9.26 Å². The Balaban J connectivity index is 2.03. The van der Waals surface area contributed by atoms with Crippen LogP contribution in [0.2, 0.25) is 0 Å². The molecule has 4 rings (SSSR count). The van der Waals surface area contributed by atoms with Crippen molar-refractivity contribution in [1.82, 2.24) is 9.72 Å². The van der Waals surface area contributed by atoms with Gasteiger partial charge in [-0.25, -0.2) is 0 Å². The Hall–Kier alpha value is -2.49. The van der Waals surface area contributed by atoms with Crippen molar-refractivity contribution in [3.05, 3.63) is 52.5 Å². The summed E-state index contributed by atoms with van der Waals surface area (Å²) in [6.07, 6.45) is 5.83. The lowest BCUT2D eigenvalue weighted by Gasteiger charge is -2.15. The van der Waals surface area contributed by atoms with Crippen LogP contribution in [0.25, 0.3) is 16.9 Å². The maximum absolute atomic E-state index is 5.52. The first kappa shape index (κ1) is 17.0. The van der Waals surface area contributed by atoms with E-state index in [1.165, 1.54) is 40.9 Å². The van der Waals surface area contributed by atoms with Crippen molar-refractivity contribution < 1.29 is 9.26 Å². The van der Waals surface area contributed by atoms with Crippen LogP contribution in [0.4, 0.5) is 0 Å². The van der Waals surface area contributed by atoms with Gasteiger partial charge < -0.3 is 13.8 Å². The minimum Gasteiger partial charge on any atom is -0.497 e. The van der Waals surface area contributed by atoms with Crippen LogP contribution < -0.4 is 4.74 Å². The minimum absolute atomic E-state index is 0.874. The van der Waals surface area contributed by atoms with Crippen molar-refractivity contribution in [2.75, 3.05) is 7.11 Å². The molecule has 4 nitrogen and oxygen atoms in total. The standard InChI is InChI=1S/C22H26N2O2/c1-5-20-18-8-6-7-9-19(18)22(16-10-12-17(25-4)13-11-16)24(20)21-14(2)23-26-15(21)3/h10-13H,5-9H2,1-4H3. The molecule has 3 aromatic rings. The third-order valence-corrected chi connectivity index (χ3v) is 5.51. The Bertz CT molecular complexity index is 913. The summed E-state index contributed by atoms with van der Waals surface area (Å²) in [4.78, 5) is 0. The third-order valence-electron chi connectivity index (χ3n) is 5.51. The average Bonchev–Trinajstić information content (AvgIpc) is 3.17. The van der Waals surface area contributed by atoms with Crippen LogP contribution in [-0.2, 0) is 19.3 Å². The molecular weight excluding hydrogens is 324 g/mol. The molecule has 1 aliphatic rings. The Morgan fingerprint density at radius 1 is 1.08 bits per heavy atom. The van der Waals surface area contributed by atoms with Crippen molar-refractivity contribution >= 4 is 0 Å². The minimum atomic E-state index is 0.874. The molecule has 0 radical (unpaired) electrons. The molecule has 0 saturated heterocycles. The number of fused-ring (bicyclic) bond motifs is 1. The lowest BCUT2D eigenvalue weighted by atomic mass is 9.90. The number of methoxy groups -OCH3 is 1. The molecule has 26 heavy (non-hydrogen) atoms. The zero-order valence-electron chi connectivity index (χ0n) is 16.1. The van der Waals surface area contributed by atoms with Gasteiger partial charge in [-0.15, -0.1) is 0 Å². The highest BCUT2D eigenvalue weighted by molar-refractivity contribution is 5.72. The molecule has 0 amide bonds. The predicted octanol–water partition coefficient (Wildman–Crippen LogP) is 5.20. The summed E-state index contributed by atoms with van der Waals surface area (Å²) in [6, 6.07) is 8.41. The van der Waals surface area contributed by atoms with Crippen molar-refractivity contribution in [1.29, 1.82) is 0 Å². The van der Waals surface area contributed by atoms with Gasteiger partial charge in [-0.1, -0.05) is 12.1 Å². The molecule has 0 aliphatic heterocycles. The SMILES string of the molecule is CCc1c2c(c(-c3ccc(OC)cc3)n1-c1c(C)noc1C)CCCC2. The van der Waals surface area contributed by atoms with Gasteiger partial charge in [0.05, 0.1) is 12.8 Å². The molecule has 0 fully saturated rings. The molecule has 0 unspecified atom stereocenters. The van der Waals surface area contributed by atoms with E-state index < -0.39 is 0 Å². The fourth-order valence-corrected chi connectivity index (χ4v) is 4.36. The van der Waals surface area contributed by atoms with Crippen molar-refractivity contribution in [2.45, 2.75) is 52.9 Å². The van der Waals surface area contributed by atoms with E-state index >= 15 is 0 Å². The third kappa shape index (κ3) is 2.56. The number of nitrogens with zero attached hydrogens (tertiary/aromatic N) is 2. The maximum atomic E-state index is 5.52. The van der Waals surface area contributed by atoms with Crippen LogP contribution in [0.15, 0.2) is 28.8 Å². The van der Waals surface area contributed by atoms with Gasteiger partial charge in [0.15, 0.2) is 5.76 Å². The summed E-state index contributed by atoms with van der Waals surface area (Å²) in [7, 11) is 1.71. The highest BCUT2D eigenvalue weighted by Crippen LogP contribution is 2.40. The smallest absolute Gasteiger partial charge is 0.157 e. The molecule has 2 aromatic heterocycles. The molecule has 0 saturated carbocycles. The summed E-state index contributed by atoms with van der Waals surface area (Å²) in [6.45, 7) is 6.28. The molecule has 0 atom stereocenters. The number of aromatic nitrogens is 2. The van der Waals surface area contributed by atoms with Gasteiger partial charge in [-0.3, -0.25) is 0 Å². The Morgan fingerprint density at radius 2 is 1.77 bits per heavy atom. The van der Waals surface area contributed by atoms with E-state index in [-0.39, 0.29) is 0 Å². The van der Waals surface area contributed by atoms with E-state index in [1.54, 1.807) is 7.11 Å². The largest absolute Gasteiger partial charge is 0.497 e. The van der Waals surface area contributed by atoms with Gasteiger partial charge >= 0.3 is 0 Å². The fourth-order valence-electron chi connectivity index (χ4n) is 4.36. The Morgan fingerprint density at radius 3 is 2.35 bits per heavy atom. The monoisotopic (exact) mass is 350 g/mol. The number of aryl methyl sites for hydroxylation is 2. The summed E-state index contributed by atoms with van der Waals surface area (Å²) in [5.74, 6) is 1.76. The van der Waals surface area contributed by atoms with Crippen LogP contribution in [-0.4, -0.2) is 16.8 Å². The lowest BCUT2D eigenvalue weighted by molar-refractivity contribution is 0.393. The number of hydrogen-bond donors (Lipinski definition) is 0. The molecule has 4 heteroatoms. The summed E-state index contributed by atoms with van der Waals surface area (Å²) >= 11 is 0. The number of hydrogen-bond acceptors (Lipinski definition) is 3. The lowest BCUT2D eigenvalue weighted by Crippen LogP contribution is -2.05. The highest BCUT2D eigenvalue weighted by atomic mass is 16.5. The molecule has 0 spiro atoms. The van der Waals surface area contributed by atoms with Crippen molar-refractivity contribution in [3.63, 3.8) is 0 Å². The van der Waals surface area contributed by atoms with E-state index in [1.807, 2.05) is 26.0 Å². The first-order valence-electron chi connectivity index (χ1n) is 9.48. The van der Waals surface area contributed by atoms with Crippen LogP contribution in [0.3, 0.4) is 0 Å². The van der Waals surface area contributed by atoms with Crippen LogP contribution in [0.1, 0.15) is 48.0 Å². The first-order chi connectivity index (χ1) is 12.7. The topological polar surface area (TPSA) is 40.2 Å². The summed E-state index contributed by atoms with van der Waals surface area (Å²) in [5, 5.41) is 4.22. The second kappa shape index (κ2) is 6.67. The van der Waals surface area contributed by atoms with Crippen molar-refractivity contribution in [3.8, 4) is 22.7 Å². The second-order valence-electron chi connectivity index (χ2n) is 7.05. The second-order valence-corrected chi connectivity index (χ2v) is 7.05. The zero-order valence-corrected chi connectivity index (χ0v) is 16.1. The highest BCUT2D eigenvalue weighted by Gasteiger charge is 2.28. The zero-order chi connectivity index (χ0) is 18.3. The predicted molar refractivity (Wildman–Crippen MR) is 103 cm³/mol. The summed E-state index contributed by atoms with van der Waals surface area (Å²) < 4.78 is 13.3. The van der Waals surface area contributed by atoms with Gasteiger partial charge in [-0.05, 0) is 86.9 Å². The van der Waals surface area contributed by atoms with E-state index in [0.717, 1.165) is 42.2 Å². The average molecular weight is 350 g/mol. The number of rotatable bonds is 4. The van der Waals surface area contributed by atoms with Gasteiger partial charge in [0.25, 0.3) is 0 Å². The summed E-state index contributed by atoms with van der Waals surface area (Å²) in [5.41, 5.74) is 9.00. The molecular formula is C22H26N2O2. The molecule has 2 heterocycles. The number of benzene rings is 1. The fraction of sp³-hybridized carbons (Fsp3) is 0.409. The number of ether oxygens (including phenoxy) is 1. The first-order valence-corrected chi connectivity index (χ1v) is 9.48.